The van der Waals surface area contributed by atoms with Gasteiger partial charge in [0.15, 0.2) is 0 Å². The van der Waals surface area contributed by atoms with Crippen molar-refractivity contribution >= 4 is 15.7 Å². The molecule has 0 amide bonds. The van der Waals surface area contributed by atoms with Crippen molar-refractivity contribution in [3.05, 3.63) is 23.9 Å². The van der Waals surface area contributed by atoms with Crippen LogP contribution in [0.25, 0.3) is 0 Å². The summed E-state index contributed by atoms with van der Waals surface area (Å²) in [6.07, 6.45) is 3.29. The molecule has 0 atom stereocenters. The second-order valence-corrected chi connectivity index (χ2v) is 5.68. The van der Waals surface area contributed by atoms with Crippen LogP contribution >= 0.6 is 0 Å². The summed E-state index contributed by atoms with van der Waals surface area (Å²) in [5.41, 5.74) is 0.460. The molecule has 0 saturated carbocycles. The zero-order chi connectivity index (χ0) is 12.0. The van der Waals surface area contributed by atoms with E-state index in [1.165, 1.54) is 6.26 Å². The molecule has 0 unspecified atom stereocenters. The molecule has 16 heavy (non-hydrogen) atoms. The average Bonchev–Trinajstić information content (AvgIpc) is 2.23. The molecule has 0 aliphatic rings. The van der Waals surface area contributed by atoms with Gasteiger partial charge in [-0.2, -0.15) is 5.26 Å². The molecule has 0 aliphatic carbocycles. The molecule has 0 aliphatic heterocycles. The number of aromatic nitrogens is 1. The fourth-order valence-corrected chi connectivity index (χ4v) is 1.85. The third-order valence-electron chi connectivity index (χ3n) is 1.91. The lowest BCUT2D eigenvalue weighted by Gasteiger charge is -2.05. The summed E-state index contributed by atoms with van der Waals surface area (Å²) >= 11 is 0. The van der Waals surface area contributed by atoms with Crippen LogP contribution in [0.3, 0.4) is 0 Å². The number of nitrogens with zero attached hydrogens (tertiary/aromatic N) is 2. The lowest BCUT2D eigenvalue weighted by molar-refractivity contribution is 0.600. The molecule has 0 radical (unpaired) electrons. The molecule has 1 aromatic heterocycles. The van der Waals surface area contributed by atoms with Crippen LogP contribution in [0.1, 0.15) is 12.0 Å². The highest BCUT2D eigenvalue weighted by Crippen LogP contribution is 2.09. The van der Waals surface area contributed by atoms with E-state index in [4.69, 9.17) is 5.26 Å². The highest BCUT2D eigenvalue weighted by Gasteiger charge is 2.03. The number of anilines is 1. The number of hydrogen-bond acceptors (Lipinski definition) is 5. The van der Waals surface area contributed by atoms with Crippen molar-refractivity contribution in [1.29, 1.82) is 5.26 Å². The van der Waals surface area contributed by atoms with Gasteiger partial charge in [-0.05, 0) is 18.6 Å². The molecule has 86 valence electrons. The maximum atomic E-state index is 10.9. The minimum Gasteiger partial charge on any atom is -0.369 e. The summed E-state index contributed by atoms with van der Waals surface area (Å²) in [7, 11) is -2.92. The summed E-state index contributed by atoms with van der Waals surface area (Å²) in [4.78, 5) is 4.00. The number of nitrogens with one attached hydrogen (secondary N) is 1. The van der Waals surface area contributed by atoms with E-state index in [1.807, 2.05) is 6.07 Å². The maximum absolute atomic E-state index is 10.9. The molecule has 1 heterocycles. The number of hydrogen-bond donors (Lipinski definition) is 1. The van der Waals surface area contributed by atoms with Gasteiger partial charge in [0.05, 0.1) is 11.3 Å². The largest absolute Gasteiger partial charge is 0.369 e. The van der Waals surface area contributed by atoms with E-state index >= 15 is 0 Å². The van der Waals surface area contributed by atoms with E-state index in [0.717, 1.165) is 0 Å². The smallest absolute Gasteiger partial charge is 0.147 e. The normalized spacial score (nSPS) is 10.8. The molecule has 0 saturated heterocycles. The predicted molar refractivity (Wildman–Crippen MR) is 61.8 cm³/mol. The highest BCUT2D eigenvalue weighted by atomic mass is 32.2. The number of nitriles is 1. The first-order chi connectivity index (χ1) is 7.53. The quantitative estimate of drug-likeness (QED) is 0.768. The van der Waals surface area contributed by atoms with Crippen LogP contribution in [0.15, 0.2) is 18.3 Å². The van der Waals surface area contributed by atoms with Crippen molar-refractivity contribution in [2.75, 3.05) is 23.9 Å². The van der Waals surface area contributed by atoms with Crippen molar-refractivity contribution in [2.45, 2.75) is 6.42 Å². The Morgan fingerprint density at radius 1 is 1.56 bits per heavy atom. The van der Waals surface area contributed by atoms with E-state index in [1.54, 1.807) is 18.3 Å². The van der Waals surface area contributed by atoms with Gasteiger partial charge in [-0.15, -0.1) is 0 Å². The van der Waals surface area contributed by atoms with Crippen molar-refractivity contribution in [2.24, 2.45) is 0 Å². The fourth-order valence-electron chi connectivity index (χ4n) is 1.18. The Morgan fingerprint density at radius 3 is 2.94 bits per heavy atom. The van der Waals surface area contributed by atoms with E-state index in [0.29, 0.717) is 24.3 Å². The van der Waals surface area contributed by atoms with Crippen LogP contribution < -0.4 is 5.32 Å². The molecule has 1 rings (SSSR count). The van der Waals surface area contributed by atoms with Gasteiger partial charge in [0.25, 0.3) is 0 Å². The van der Waals surface area contributed by atoms with E-state index < -0.39 is 9.84 Å². The fraction of sp³-hybridized carbons (Fsp3) is 0.400. The molecule has 0 bridgehead atoms. The van der Waals surface area contributed by atoms with Gasteiger partial charge in [0, 0.05) is 19.0 Å². The summed E-state index contributed by atoms with van der Waals surface area (Å²) in [6, 6.07) is 5.35. The van der Waals surface area contributed by atoms with Crippen LogP contribution in [0.5, 0.6) is 0 Å². The van der Waals surface area contributed by atoms with Crippen LogP contribution in [0.2, 0.25) is 0 Å². The van der Waals surface area contributed by atoms with Crippen molar-refractivity contribution in [3.8, 4) is 6.07 Å². The molecular formula is C10H13N3O2S. The van der Waals surface area contributed by atoms with Gasteiger partial charge in [-0.1, -0.05) is 0 Å². The van der Waals surface area contributed by atoms with Crippen molar-refractivity contribution in [3.63, 3.8) is 0 Å². The first-order valence-corrected chi connectivity index (χ1v) is 6.86. The third-order valence-corrected chi connectivity index (χ3v) is 2.94. The lowest BCUT2D eigenvalue weighted by atomic mass is 10.3. The van der Waals surface area contributed by atoms with Crippen LogP contribution in [0.4, 0.5) is 5.82 Å². The lowest BCUT2D eigenvalue weighted by Crippen LogP contribution is -2.11. The Bertz CT molecular complexity index is 491. The second kappa shape index (κ2) is 5.47. The molecular weight excluding hydrogens is 226 g/mol. The standard InChI is InChI=1S/C10H13N3O2S/c1-16(14,15)7-3-6-13-10-9(8-11)4-2-5-12-10/h2,4-5H,3,6-7H2,1H3,(H,12,13). The topological polar surface area (TPSA) is 82.8 Å². The van der Waals surface area contributed by atoms with Gasteiger partial charge in [0.1, 0.15) is 21.7 Å². The molecule has 0 spiro atoms. The summed E-state index contributed by atoms with van der Waals surface area (Å²) in [5.74, 6) is 0.632. The molecule has 5 nitrogen and oxygen atoms in total. The van der Waals surface area contributed by atoms with Gasteiger partial charge in [-0.25, -0.2) is 13.4 Å². The molecule has 0 fully saturated rings. The van der Waals surface area contributed by atoms with Gasteiger partial charge < -0.3 is 5.32 Å². The second-order valence-electron chi connectivity index (χ2n) is 3.42. The van der Waals surface area contributed by atoms with Crippen LogP contribution in [0, 0.1) is 11.3 Å². The average molecular weight is 239 g/mol. The predicted octanol–water partition coefficient (Wildman–Crippen LogP) is 0.800. The molecule has 6 heteroatoms. The Morgan fingerprint density at radius 2 is 2.31 bits per heavy atom. The first kappa shape index (κ1) is 12.5. The Labute approximate surface area is 95.0 Å². The highest BCUT2D eigenvalue weighted by molar-refractivity contribution is 7.90. The molecule has 0 aromatic carbocycles. The minimum absolute atomic E-state index is 0.134. The van der Waals surface area contributed by atoms with E-state index in [9.17, 15) is 8.42 Å². The third kappa shape index (κ3) is 4.28. The summed E-state index contributed by atoms with van der Waals surface area (Å²) < 4.78 is 21.7. The number of pyridine rings is 1. The van der Waals surface area contributed by atoms with Crippen molar-refractivity contribution in [1.82, 2.24) is 4.98 Å². The molecule has 1 N–H and O–H groups in total. The van der Waals surface area contributed by atoms with Gasteiger partial charge in [-0.3, -0.25) is 0 Å². The van der Waals surface area contributed by atoms with Crippen LogP contribution in [-0.2, 0) is 9.84 Å². The Hall–Kier alpha value is -1.61. The van der Waals surface area contributed by atoms with Crippen molar-refractivity contribution < 1.29 is 8.42 Å². The first-order valence-electron chi connectivity index (χ1n) is 4.79. The Balaban J connectivity index is 2.47. The van der Waals surface area contributed by atoms with Crippen LogP contribution in [-0.4, -0.2) is 32.0 Å². The van der Waals surface area contributed by atoms with Gasteiger partial charge >= 0.3 is 0 Å². The Kier molecular flexibility index (Phi) is 4.26. The SMILES string of the molecule is CS(=O)(=O)CCCNc1ncccc1C#N. The zero-order valence-corrected chi connectivity index (χ0v) is 9.79. The van der Waals surface area contributed by atoms with E-state index in [2.05, 4.69) is 10.3 Å². The number of sulfone groups is 1. The number of rotatable bonds is 5. The zero-order valence-electron chi connectivity index (χ0n) is 8.97. The summed E-state index contributed by atoms with van der Waals surface area (Å²) in [6.45, 7) is 0.485. The van der Waals surface area contributed by atoms with Gasteiger partial charge in [0.2, 0.25) is 0 Å². The summed E-state index contributed by atoms with van der Waals surface area (Å²) in [5, 5.41) is 11.7. The minimum atomic E-state index is -2.92. The van der Waals surface area contributed by atoms with E-state index in [-0.39, 0.29) is 5.75 Å². The maximum Gasteiger partial charge on any atom is 0.147 e. The monoisotopic (exact) mass is 239 g/mol. The molecule has 1 aromatic rings.